The van der Waals surface area contributed by atoms with Gasteiger partial charge in [0.1, 0.15) is 0 Å². The minimum absolute atomic E-state index is 0.0340. The van der Waals surface area contributed by atoms with E-state index in [0.717, 1.165) is 9.90 Å². The summed E-state index contributed by atoms with van der Waals surface area (Å²) in [5.41, 5.74) is 0. The molecule has 18 heavy (non-hydrogen) atoms. The van der Waals surface area contributed by atoms with Crippen molar-refractivity contribution in [2.24, 2.45) is 5.92 Å². The quantitative estimate of drug-likeness (QED) is 0.811. The van der Waals surface area contributed by atoms with Crippen LogP contribution >= 0.6 is 22.9 Å². The molecule has 0 radical (unpaired) electrons. The Labute approximate surface area is 117 Å². The fourth-order valence-corrected chi connectivity index (χ4v) is 2.79. The highest BCUT2D eigenvalue weighted by Crippen LogP contribution is 2.20. The van der Waals surface area contributed by atoms with Gasteiger partial charge in [-0.15, -0.1) is 11.3 Å². The van der Waals surface area contributed by atoms with Crippen molar-refractivity contribution < 1.29 is 9.90 Å². The van der Waals surface area contributed by atoms with Gasteiger partial charge in [-0.05, 0) is 24.8 Å². The molecule has 3 nitrogen and oxygen atoms in total. The van der Waals surface area contributed by atoms with Crippen LogP contribution in [0.1, 0.15) is 31.6 Å². The lowest BCUT2D eigenvalue weighted by molar-refractivity contribution is -0.122. The number of thiophene rings is 1. The number of aliphatic hydroxyl groups excluding tert-OH is 1. The first-order valence-corrected chi connectivity index (χ1v) is 7.41. The second kappa shape index (κ2) is 7.77. The maximum absolute atomic E-state index is 11.8. The molecule has 0 aliphatic carbocycles. The van der Waals surface area contributed by atoms with Gasteiger partial charge in [0, 0.05) is 29.3 Å². The van der Waals surface area contributed by atoms with Crippen molar-refractivity contribution in [2.75, 3.05) is 6.61 Å². The van der Waals surface area contributed by atoms with E-state index in [1.807, 2.05) is 25.3 Å². The molecule has 0 spiro atoms. The van der Waals surface area contributed by atoms with Crippen molar-refractivity contribution in [2.45, 2.75) is 39.2 Å². The third kappa shape index (κ3) is 5.38. The number of aryl methyl sites for hydroxylation is 1. The Morgan fingerprint density at radius 3 is 2.78 bits per heavy atom. The van der Waals surface area contributed by atoms with Gasteiger partial charge in [-0.2, -0.15) is 0 Å². The molecule has 0 saturated carbocycles. The smallest absolute Gasteiger partial charge is 0.220 e. The molecule has 0 bridgehead atoms. The van der Waals surface area contributed by atoms with Crippen LogP contribution in [0.5, 0.6) is 0 Å². The number of carbonyl (C=O) groups is 1. The van der Waals surface area contributed by atoms with Crippen LogP contribution in [-0.4, -0.2) is 23.7 Å². The molecule has 1 unspecified atom stereocenters. The molecule has 1 rings (SSSR count). The number of aliphatic hydroxyl groups is 1. The monoisotopic (exact) mass is 289 g/mol. The Bertz CT molecular complexity index is 379. The van der Waals surface area contributed by atoms with Gasteiger partial charge >= 0.3 is 0 Å². The molecule has 2 N–H and O–H groups in total. The zero-order valence-electron chi connectivity index (χ0n) is 10.8. The summed E-state index contributed by atoms with van der Waals surface area (Å²) in [6, 6.07) is 1.95. The summed E-state index contributed by atoms with van der Waals surface area (Å²) < 4.78 is 0. The third-order valence-electron chi connectivity index (χ3n) is 2.81. The molecule has 0 saturated heterocycles. The maximum atomic E-state index is 11.8. The largest absolute Gasteiger partial charge is 0.396 e. The van der Waals surface area contributed by atoms with E-state index in [0.29, 0.717) is 25.2 Å². The van der Waals surface area contributed by atoms with Crippen molar-refractivity contribution in [3.63, 3.8) is 0 Å². The van der Waals surface area contributed by atoms with E-state index in [9.17, 15) is 4.79 Å². The van der Waals surface area contributed by atoms with E-state index in [-0.39, 0.29) is 18.6 Å². The first-order valence-electron chi connectivity index (χ1n) is 6.16. The van der Waals surface area contributed by atoms with E-state index in [1.54, 1.807) is 11.3 Å². The number of rotatable bonds is 7. The first-order chi connectivity index (χ1) is 8.52. The van der Waals surface area contributed by atoms with Crippen molar-refractivity contribution in [1.29, 1.82) is 0 Å². The van der Waals surface area contributed by atoms with E-state index >= 15 is 0 Å². The number of amides is 1. The predicted octanol–water partition coefficient (Wildman–Crippen LogP) is 2.86. The summed E-state index contributed by atoms with van der Waals surface area (Å²) in [5, 5.41) is 14.5. The maximum Gasteiger partial charge on any atom is 0.220 e. The second-order valence-corrected chi connectivity index (χ2v) is 6.09. The Kier molecular flexibility index (Phi) is 6.68. The van der Waals surface area contributed by atoms with Gasteiger partial charge in [-0.25, -0.2) is 0 Å². The van der Waals surface area contributed by atoms with Crippen molar-refractivity contribution in [3.8, 4) is 0 Å². The number of carbonyl (C=O) groups excluding carboxylic acids is 1. The summed E-state index contributed by atoms with van der Waals surface area (Å²) in [6.07, 6.45) is 1.78. The zero-order chi connectivity index (χ0) is 13.5. The summed E-state index contributed by atoms with van der Waals surface area (Å²) in [6.45, 7) is 4.18. The van der Waals surface area contributed by atoms with Gasteiger partial charge in [0.25, 0.3) is 0 Å². The molecule has 5 heteroatoms. The molecular formula is C13H20ClNO2S. The zero-order valence-corrected chi connectivity index (χ0v) is 12.4. The third-order valence-corrected chi connectivity index (χ3v) is 4.16. The predicted molar refractivity (Wildman–Crippen MR) is 76.1 cm³/mol. The molecule has 1 amide bonds. The standard InChI is InChI=1S/C13H20ClNO2S/c1-9(2)12(5-6-16)15-13(17)4-3-11-7-10(14)8-18-11/h7-9,12,16H,3-6H2,1-2H3,(H,15,17). The van der Waals surface area contributed by atoms with Crippen LogP contribution in [0.3, 0.4) is 0 Å². The van der Waals surface area contributed by atoms with Crippen molar-refractivity contribution >= 4 is 28.8 Å². The average molecular weight is 290 g/mol. The molecule has 1 atom stereocenters. The molecule has 1 aromatic rings. The lowest BCUT2D eigenvalue weighted by Gasteiger charge is -2.21. The topological polar surface area (TPSA) is 49.3 Å². The minimum atomic E-state index is 0.0340. The highest BCUT2D eigenvalue weighted by Gasteiger charge is 2.15. The average Bonchev–Trinajstić information content (AvgIpc) is 2.72. The fraction of sp³-hybridized carbons (Fsp3) is 0.615. The van der Waals surface area contributed by atoms with Crippen LogP contribution in [0.15, 0.2) is 11.4 Å². The minimum Gasteiger partial charge on any atom is -0.396 e. The van der Waals surface area contributed by atoms with E-state index < -0.39 is 0 Å². The summed E-state index contributed by atoms with van der Waals surface area (Å²) in [4.78, 5) is 12.9. The molecular weight excluding hydrogens is 270 g/mol. The molecule has 1 aromatic heterocycles. The van der Waals surface area contributed by atoms with E-state index in [2.05, 4.69) is 5.32 Å². The Morgan fingerprint density at radius 2 is 2.28 bits per heavy atom. The molecule has 0 aliphatic heterocycles. The lowest BCUT2D eigenvalue weighted by Crippen LogP contribution is -2.39. The molecule has 0 fully saturated rings. The van der Waals surface area contributed by atoms with Crippen LogP contribution in [-0.2, 0) is 11.2 Å². The van der Waals surface area contributed by atoms with Crippen molar-refractivity contribution in [1.82, 2.24) is 5.32 Å². The van der Waals surface area contributed by atoms with Crippen LogP contribution in [0.25, 0.3) is 0 Å². The Morgan fingerprint density at radius 1 is 1.56 bits per heavy atom. The Hall–Kier alpha value is -0.580. The van der Waals surface area contributed by atoms with Gasteiger partial charge in [-0.1, -0.05) is 25.4 Å². The normalized spacial score (nSPS) is 12.7. The molecule has 0 aromatic carbocycles. The lowest BCUT2D eigenvalue weighted by atomic mass is 10.0. The Balaban J connectivity index is 2.36. The first kappa shape index (κ1) is 15.5. The number of hydrogen-bond acceptors (Lipinski definition) is 3. The second-order valence-electron chi connectivity index (χ2n) is 4.66. The molecule has 1 heterocycles. The number of hydrogen-bond donors (Lipinski definition) is 2. The summed E-state index contributed by atoms with van der Waals surface area (Å²) in [5.74, 6) is 0.365. The van der Waals surface area contributed by atoms with Crippen LogP contribution in [0.2, 0.25) is 5.02 Å². The highest BCUT2D eigenvalue weighted by atomic mass is 35.5. The van der Waals surface area contributed by atoms with Crippen LogP contribution in [0, 0.1) is 5.92 Å². The van der Waals surface area contributed by atoms with E-state index in [1.165, 1.54) is 0 Å². The summed E-state index contributed by atoms with van der Waals surface area (Å²) in [7, 11) is 0. The van der Waals surface area contributed by atoms with Gasteiger partial charge in [0.2, 0.25) is 5.91 Å². The van der Waals surface area contributed by atoms with E-state index in [4.69, 9.17) is 16.7 Å². The molecule has 102 valence electrons. The van der Waals surface area contributed by atoms with Gasteiger partial charge in [-0.3, -0.25) is 4.79 Å². The van der Waals surface area contributed by atoms with Crippen LogP contribution in [0.4, 0.5) is 0 Å². The van der Waals surface area contributed by atoms with Gasteiger partial charge < -0.3 is 10.4 Å². The van der Waals surface area contributed by atoms with Gasteiger partial charge in [0.15, 0.2) is 0 Å². The van der Waals surface area contributed by atoms with Gasteiger partial charge in [0.05, 0.1) is 5.02 Å². The number of nitrogens with one attached hydrogen (secondary N) is 1. The van der Waals surface area contributed by atoms with Crippen molar-refractivity contribution in [3.05, 3.63) is 21.3 Å². The SMILES string of the molecule is CC(C)C(CCO)NC(=O)CCc1cc(Cl)cs1. The fourth-order valence-electron chi connectivity index (χ4n) is 1.71. The van der Waals surface area contributed by atoms with Crippen LogP contribution < -0.4 is 5.32 Å². The molecule has 0 aliphatic rings. The summed E-state index contributed by atoms with van der Waals surface area (Å²) >= 11 is 7.40. The number of halogens is 1. The highest BCUT2D eigenvalue weighted by molar-refractivity contribution is 7.10.